The summed E-state index contributed by atoms with van der Waals surface area (Å²) in [5.41, 5.74) is 4.52. The van der Waals surface area contributed by atoms with Crippen molar-refractivity contribution in [3.05, 3.63) is 155 Å². The zero-order chi connectivity index (χ0) is 92.8. The molecule has 2 aliphatic carbocycles. The van der Waals surface area contributed by atoms with E-state index in [1.807, 2.05) is 68.4 Å². The highest BCUT2D eigenvalue weighted by Gasteiger charge is 2.25. The number of ether oxygens (including phenoxy) is 12. The Hall–Kier alpha value is -9.20. The summed E-state index contributed by atoms with van der Waals surface area (Å²) in [7, 11) is 0. The summed E-state index contributed by atoms with van der Waals surface area (Å²) in [6.45, 7) is 22.7. The molecule has 20 nitrogen and oxygen atoms in total. The van der Waals surface area contributed by atoms with E-state index in [9.17, 15) is 38.4 Å². The van der Waals surface area contributed by atoms with Gasteiger partial charge in [0.25, 0.3) is 0 Å². The van der Waals surface area contributed by atoms with Gasteiger partial charge in [0.1, 0.15) is 40.1 Å². The van der Waals surface area contributed by atoms with Crippen molar-refractivity contribution >= 4 is 47.8 Å². The van der Waals surface area contributed by atoms with Crippen LogP contribution in [0.4, 0.5) is 0 Å². The molecule has 0 saturated heterocycles. The molecular weight excluding hydrogens is 1630 g/mol. The number of hydrogen-bond donors (Lipinski definition) is 0. The van der Waals surface area contributed by atoms with Crippen LogP contribution in [0, 0.1) is 11.8 Å². The lowest BCUT2D eigenvalue weighted by molar-refractivity contribution is -0.150. The zero-order valence-electron chi connectivity index (χ0n) is 80.2. The van der Waals surface area contributed by atoms with Crippen LogP contribution in [-0.2, 0) is 52.4 Å². The summed E-state index contributed by atoms with van der Waals surface area (Å²) in [4.78, 5) is 96.3. The number of esters is 8. The molecule has 0 spiro atoms. The zero-order valence-corrected chi connectivity index (χ0v) is 80.2. The second kappa shape index (κ2) is 71.5. The van der Waals surface area contributed by atoms with Crippen LogP contribution in [0.25, 0.3) is 0 Å². The number of carbonyl (C=O) groups is 8. The van der Waals surface area contributed by atoms with Gasteiger partial charge in [0.15, 0.2) is 0 Å². The molecule has 7 rings (SSSR count). The van der Waals surface area contributed by atoms with Crippen molar-refractivity contribution in [1.29, 1.82) is 0 Å². The van der Waals surface area contributed by atoms with Crippen LogP contribution < -0.4 is 28.4 Å². The Morgan fingerprint density at radius 3 is 0.961 bits per heavy atom. The van der Waals surface area contributed by atoms with Crippen molar-refractivity contribution in [3.63, 3.8) is 0 Å². The molecule has 718 valence electrons. The summed E-state index contributed by atoms with van der Waals surface area (Å²) in [5, 5.41) is 0. The first kappa shape index (κ1) is 110. The van der Waals surface area contributed by atoms with Crippen molar-refractivity contribution in [2.45, 2.75) is 369 Å². The highest BCUT2D eigenvalue weighted by atomic mass is 16.6. The summed E-state index contributed by atoms with van der Waals surface area (Å²) in [5.74, 6) is 3.99. The predicted octanol–water partition coefficient (Wildman–Crippen LogP) is 27.7. The highest BCUT2D eigenvalue weighted by Crippen LogP contribution is 2.40. The minimum atomic E-state index is -0.434. The molecule has 0 amide bonds. The first-order chi connectivity index (χ1) is 62.9. The van der Waals surface area contributed by atoms with Crippen LogP contribution in [0.3, 0.4) is 0 Å². The molecule has 5 aromatic rings. The van der Waals surface area contributed by atoms with Crippen molar-refractivity contribution in [2.75, 3.05) is 66.1 Å². The number of hydrogen-bond acceptors (Lipinski definition) is 20. The van der Waals surface area contributed by atoms with E-state index in [0.29, 0.717) is 123 Å². The molecule has 20 heteroatoms. The van der Waals surface area contributed by atoms with Crippen LogP contribution >= 0.6 is 0 Å². The minimum absolute atomic E-state index is 0.0526. The normalized spacial score (nSPS) is 14.5. The Morgan fingerprint density at radius 1 is 0.279 bits per heavy atom. The molecule has 0 heterocycles. The average Bonchev–Trinajstić information content (AvgIpc) is 0.842. The maximum Gasteiger partial charge on any atom is 0.343 e. The smallest absolute Gasteiger partial charge is 0.343 e. The topological polar surface area (TPSA) is 247 Å². The van der Waals surface area contributed by atoms with Crippen molar-refractivity contribution in [1.82, 2.24) is 0 Å². The van der Waals surface area contributed by atoms with Crippen LogP contribution in [0.2, 0.25) is 0 Å². The predicted molar refractivity (Wildman–Crippen MR) is 512 cm³/mol. The van der Waals surface area contributed by atoms with Crippen LogP contribution in [0.5, 0.6) is 34.5 Å². The Morgan fingerprint density at radius 2 is 0.581 bits per heavy atom. The summed E-state index contributed by atoms with van der Waals surface area (Å²) in [6.07, 6.45) is 49.3. The molecule has 0 radical (unpaired) electrons. The van der Waals surface area contributed by atoms with E-state index in [1.54, 1.807) is 43.3 Å². The largest absolute Gasteiger partial charge is 0.494 e. The van der Waals surface area contributed by atoms with E-state index in [-0.39, 0.29) is 67.5 Å². The monoisotopic (exact) mass is 1790 g/mol. The first-order valence-corrected chi connectivity index (χ1v) is 50.1. The molecule has 0 atom stereocenters. The molecule has 0 aliphatic heterocycles. The molecule has 2 fully saturated rings. The van der Waals surface area contributed by atoms with Gasteiger partial charge in [0.2, 0.25) is 0 Å². The molecule has 2 saturated carbocycles. The van der Waals surface area contributed by atoms with E-state index in [4.69, 9.17) is 56.8 Å². The van der Waals surface area contributed by atoms with E-state index in [2.05, 4.69) is 58.5 Å². The second-order valence-electron chi connectivity index (χ2n) is 34.9. The van der Waals surface area contributed by atoms with Crippen molar-refractivity contribution in [3.8, 4) is 34.5 Å². The van der Waals surface area contributed by atoms with Gasteiger partial charge < -0.3 is 56.8 Å². The maximum absolute atomic E-state index is 13.1. The van der Waals surface area contributed by atoms with Gasteiger partial charge in [0.05, 0.1) is 103 Å². The van der Waals surface area contributed by atoms with Gasteiger partial charge in [-0.2, -0.15) is 0 Å². The first-order valence-electron chi connectivity index (χ1n) is 50.1. The fourth-order valence-electron chi connectivity index (χ4n) is 15.7. The third-order valence-corrected chi connectivity index (χ3v) is 23.7. The fraction of sp³-hybridized carbons (Fsp3) is 0.633. The lowest BCUT2D eigenvalue weighted by atomic mass is 9.77. The van der Waals surface area contributed by atoms with Gasteiger partial charge in [-0.25, -0.2) is 19.2 Å². The van der Waals surface area contributed by atoms with Crippen molar-refractivity contribution < 1.29 is 95.2 Å². The van der Waals surface area contributed by atoms with E-state index in [1.165, 1.54) is 152 Å². The van der Waals surface area contributed by atoms with Crippen LogP contribution in [0.15, 0.2) is 127 Å². The van der Waals surface area contributed by atoms with E-state index in [0.717, 1.165) is 165 Å². The molecular formula is C109H162O20. The van der Waals surface area contributed by atoms with Gasteiger partial charge in [-0.15, -0.1) is 0 Å². The molecule has 129 heavy (non-hydrogen) atoms. The quantitative estimate of drug-likeness (QED) is 0.0115. The van der Waals surface area contributed by atoms with E-state index >= 15 is 0 Å². The third-order valence-electron chi connectivity index (χ3n) is 23.7. The Kier molecular flexibility index (Phi) is 61.2. The number of benzene rings is 5. The maximum atomic E-state index is 13.1. The van der Waals surface area contributed by atoms with Crippen LogP contribution in [-0.4, -0.2) is 114 Å². The number of carbonyl (C=O) groups excluding carboxylic acids is 8. The summed E-state index contributed by atoms with van der Waals surface area (Å²) >= 11 is 0. The van der Waals surface area contributed by atoms with Crippen LogP contribution in [0.1, 0.15) is 411 Å². The molecule has 2 aliphatic rings. The minimum Gasteiger partial charge on any atom is -0.494 e. The third kappa shape index (κ3) is 51.8. The Labute approximate surface area is 774 Å². The summed E-state index contributed by atoms with van der Waals surface area (Å²) in [6, 6.07) is 35.9. The molecule has 0 aromatic heterocycles. The molecule has 0 N–H and O–H groups in total. The standard InChI is InChI=1S/C40H64O10.C39H56O7.C30H42O3/c1-5-7-9-12-17-27-45-34-22-23-36(35(32-34)40(44)50-31-21-16-15-20-30-49-39(43)33(3)4)46-28-18-13-10-11-14-19-29-48-38(42)25-24-37(41)47-26-8-6-2;1-3-5-10-13-31-14-16-32(17-15-31)33-18-24-36(25-19-33)46-39(42)34-20-22-35(23-21-34)43-29-11-8-6-7-9-12-30-45-38(41)27-26-37(40)44-28-4-2;1-3-5-7-9-23-32-28-19-17-27(18-20-28)30(31)33-29-21-15-26(16-22-29)25-13-11-24(12-14-25)10-8-6-4-2/h22-23,32H,3,5-21,24-31H2,1-2,4H3;18-25,31-32H,3-17,26-30H2,1-2H3;15-22,24-25H,3-14,23H2,1-2H3. The molecule has 0 bridgehead atoms. The Bertz CT molecular complexity index is 3820. The SMILES string of the molecule is C=C(C)C(=O)OCCCCCCOC(=O)c1cc(OCCCCCCC)ccc1OCCCCCCCCOC(=O)CCC(=O)OCCCC.CCCCCC1CCC(c2ccc(OC(=O)c3ccc(OCCCCCCCCOC(=O)CCC(=O)OCCC)cc3)cc2)CC1.CCCCCCOc1ccc(C(=O)Oc2ccc(C3CCC(CCCCC)CC3)cc2)cc1. The lowest BCUT2D eigenvalue weighted by Gasteiger charge is -2.29. The second-order valence-corrected chi connectivity index (χ2v) is 34.9. The van der Waals surface area contributed by atoms with Gasteiger partial charge in [-0.3, -0.25) is 19.2 Å². The lowest BCUT2D eigenvalue weighted by Crippen LogP contribution is -2.13. The van der Waals surface area contributed by atoms with Gasteiger partial charge in [-0.05, 0) is 261 Å². The van der Waals surface area contributed by atoms with Gasteiger partial charge in [-0.1, -0.05) is 226 Å². The van der Waals surface area contributed by atoms with E-state index < -0.39 is 5.97 Å². The van der Waals surface area contributed by atoms with Gasteiger partial charge >= 0.3 is 47.8 Å². The average molecular weight is 1790 g/mol. The van der Waals surface area contributed by atoms with Crippen molar-refractivity contribution in [2.24, 2.45) is 11.8 Å². The Balaban J connectivity index is 0.000000349. The number of unbranched alkanes of at least 4 members (excludes halogenated alkanes) is 25. The summed E-state index contributed by atoms with van der Waals surface area (Å²) < 4.78 is 65.9. The molecule has 5 aromatic carbocycles. The number of rotatable bonds is 67. The molecule has 0 unspecified atom stereocenters. The van der Waals surface area contributed by atoms with Gasteiger partial charge in [0, 0.05) is 5.57 Å². The highest BCUT2D eigenvalue weighted by molar-refractivity contribution is 5.93. The fourth-order valence-corrected chi connectivity index (χ4v) is 15.7.